The van der Waals surface area contributed by atoms with Gasteiger partial charge in [0, 0.05) is 43.4 Å². The van der Waals surface area contributed by atoms with Crippen LogP contribution in [0.25, 0.3) is 0 Å². The second kappa shape index (κ2) is 9.46. The number of carbonyl (C=O) groups is 3. The molecule has 3 heterocycles. The first-order valence-electron chi connectivity index (χ1n) is 11.2. The van der Waals surface area contributed by atoms with Crippen molar-refractivity contribution in [3.8, 4) is 0 Å². The van der Waals surface area contributed by atoms with Gasteiger partial charge in [-0.1, -0.05) is 30.3 Å². The molecule has 0 unspecified atom stereocenters. The minimum atomic E-state index is -1.24. The minimum Gasteiger partial charge on any atom is -0.337 e. The van der Waals surface area contributed by atoms with Gasteiger partial charge in [-0.25, -0.2) is 4.98 Å². The van der Waals surface area contributed by atoms with Crippen LogP contribution in [0.3, 0.4) is 0 Å². The molecule has 0 radical (unpaired) electrons. The summed E-state index contributed by atoms with van der Waals surface area (Å²) < 4.78 is 0. The maximum Gasteiger partial charge on any atom is 0.241 e. The lowest BCUT2D eigenvalue weighted by molar-refractivity contribution is -0.143. The highest BCUT2D eigenvalue weighted by molar-refractivity contribution is 7.09. The van der Waals surface area contributed by atoms with E-state index >= 15 is 0 Å². The van der Waals surface area contributed by atoms with Gasteiger partial charge >= 0.3 is 0 Å². The molecule has 3 amide bonds. The highest BCUT2D eigenvalue weighted by Gasteiger charge is 2.54. The number of aromatic nitrogens is 2. The molecule has 2 atom stereocenters. The molecular weight excluding hydrogens is 448 g/mol. The van der Waals surface area contributed by atoms with Gasteiger partial charge in [0.2, 0.25) is 17.7 Å². The molecular formula is C26H28N4O3S. The van der Waals surface area contributed by atoms with E-state index in [-0.39, 0.29) is 43.1 Å². The van der Waals surface area contributed by atoms with Crippen molar-refractivity contribution in [1.82, 2.24) is 19.8 Å². The fourth-order valence-electron chi connectivity index (χ4n) is 4.52. The monoisotopic (exact) mass is 476 g/mol. The van der Waals surface area contributed by atoms with Crippen molar-refractivity contribution in [3.05, 3.63) is 81.6 Å². The van der Waals surface area contributed by atoms with Gasteiger partial charge in [0.25, 0.3) is 0 Å². The highest BCUT2D eigenvalue weighted by Crippen LogP contribution is 2.42. The fraction of sp³-hybridized carbons (Fsp3) is 0.346. The average Bonchev–Trinajstić information content (AvgIpc) is 3.36. The molecule has 7 nitrogen and oxygen atoms in total. The molecule has 2 aromatic heterocycles. The summed E-state index contributed by atoms with van der Waals surface area (Å²) in [7, 11) is 1.73. The van der Waals surface area contributed by atoms with Crippen LogP contribution in [-0.4, -0.2) is 44.5 Å². The predicted octanol–water partition coefficient (Wildman–Crippen LogP) is 3.96. The maximum atomic E-state index is 13.9. The standard InChI is InChI=1S/C26H28N4O3S/c1-17-8-5-6-10-21(17)26(12-22(31)29(4)19(3)24-28-18(2)16-34-24)13-23(32)30(25(26)33)15-20-9-7-11-27-14-20/h5-11,14,16,19H,12-13,15H2,1-4H3/t19-,26-/m0/s1. The van der Waals surface area contributed by atoms with E-state index in [0.717, 1.165) is 27.4 Å². The summed E-state index contributed by atoms with van der Waals surface area (Å²) in [5, 5.41) is 2.79. The summed E-state index contributed by atoms with van der Waals surface area (Å²) >= 11 is 1.51. The first-order valence-corrected chi connectivity index (χ1v) is 12.1. The zero-order valence-electron chi connectivity index (χ0n) is 19.8. The third-order valence-electron chi connectivity index (χ3n) is 6.55. The molecule has 1 aliphatic rings. The first kappa shape index (κ1) is 23.8. The fourth-order valence-corrected chi connectivity index (χ4v) is 5.41. The number of rotatable bonds is 7. The Labute approximate surface area is 203 Å². The second-order valence-electron chi connectivity index (χ2n) is 8.90. The van der Waals surface area contributed by atoms with E-state index in [1.54, 1.807) is 30.4 Å². The van der Waals surface area contributed by atoms with Crippen LogP contribution < -0.4 is 0 Å². The van der Waals surface area contributed by atoms with Crippen LogP contribution in [0.5, 0.6) is 0 Å². The number of likely N-dealkylation sites (tertiary alicyclic amines) is 1. The van der Waals surface area contributed by atoms with Gasteiger partial charge in [-0.15, -0.1) is 11.3 Å². The molecule has 1 fully saturated rings. The van der Waals surface area contributed by atoms with Gasteiger partial charge in [-0.05, 0) is 43.5 Å². The van der Waals surface area contributed by atoms with E-state index in [4.69, 9.17) is 0 Å². The van der Waals surface area contributed by atoms with Crippen molar-refractivity contribution < 1.29 is 14.4 Å². The molecule has 0 spiro atoms. The third-order valence-corrected chi connectivity index (χ3v) is 7.69. The minimum absolute atomic E-state index is 0.0404. The van der Waals surface area contributed by atoms with E-state index in [0.29, 0.717) is 0 Å². The SMILES string of the molecule is Cc1csc([C@H](C)N(C)C(=O)C[C@@]2(c3ccccc3C)CC(=O)N(Cc3cccnc3)C2=O)n1. The Morgan fingerprint density at radius 2 is 1.97 bits per heavy atom. The van der Waals surface area contributed by atoms with E-state index in [9.17, 15) is 14.4 Å². The van der Waals surface area contributed by atoms with Crippen LogP contribution in [0, 0.1) is 13.8 Å². The smallest absolute Gasteiger partial charge is 0.241 e. The number of amides is 3. The molecule has 0 bridgehead atoms. The number of benzene rings is 1. The molecule has 0 N–H and O–H groups in total. The largest absolute Gasteiger partial charge is 0.337 e. The number of imide groups is 1. The van der Waals surface area contributed by atoms with E-state index in [1.807, 2.05) is 56.5 Å². The molecule has 1 aromatic carbocycles. The summed E-state index contributed by atoms with van der Waals surface area (Å²) in [6, 6.07) is 10.9. The number of pyridine rings is 1. The number of nitrogens with zero attached hydrogens (tertiary/aromatic N) is 4. The molecule has 8 heteroatoms. The molecule has 1 saturated heterocycles. The lowest BCUT2D eigenvalue weighted by Crippen LogP contribution is -2.43. The highest BCUT2D eigenvalue weighted by atomic mass is 32.1. The lowest BCUT2D eigenvalue weighted by atomic mass is 9.74. The Morgan fingerprint density at radius 3 is 2.62 bits per heavy atom. The van der Waals surface area contributed by atoms with Crippen LogP contribution in [0.4, 0.5) is 0 Å². The van der Waals surface area contributed by atoms with Gasteiger partial charge < -0.3 is 4.90 Å². The van der Waals surface area contributed by atoms with Gasteiger partial charge in [0.1, 0.15) is 5.01 Å². The van der Waals surface area contributed by atoms with Crippen molar-refractivity contribution in [2.45, 2.75) is 51.6 Å². The van der Waals surface area contributed by atoms with Crippen LogP contribution in [-0.2, 0) is 26.3 Å². The number of carbonyl (C=O) groups excluding carboxylic acids is 3. The Balaban J connectivity index is 1.67. The lowest BCUT2D eigenvalue weighted by Gasteiger charge is -2.32. The van der Waals surface area contributed by atoms with E-state index in [1.165, 1.54) is 16.2 Å². The van der Waals surface area contributed by atoms with E-state index < -0.39 is 5.41 Å². The average molecular weight is 477 g/mol. The van der Waals surface area contributed by atoms with Crippen molar-refractivity contribution in [2.75, 3.05) is 7.05 Å². The topological polar surface area (TPSA) is 83.5 Å². The van der Waals surface area contributed by atoms with Crippen molar-refractivity contribution >= 4 is 29.1 Å². The second-order valence-corrected chi connectivity index (χ2v) is 9.79. The molecule has 176 valence electrons. The number of aryl methyl sites for hydroxylation is 2. The molecule has 1 aliphatic heterocycles. The van der Waals surface area contributed by atoms with Crippen LogP contribution in [0.1, 0.15) is 53.2 Å². The third kappa shape index (κ3) is 4.37. The Kier molecular flexibility index (Phi) is 6.61. The van der Waals surface area contributed by atoms with Gasteiger partial charge in [0.05, 0.1) is 18.0 Å². The van der Waals surface area contributed by atoms with Crippen molar-refractivity contribution in [1.29, 1.82) is 0 Å². The van der Waals surface area contributed by atoms with E-state index in [2.05, 4.69) is 9.97 Å². The van der Waals surface area contributed by atoms with Crippen molar-refractivity contribution in [2.24, 2.45) is 0 Å². The van der Waals surface area contributed by atoms with Crippen LogP contribution in [0.2, 0.25) is 0 Å². The predicted molar refractivity (Wildman–Crippen MR) is 130 cm³/mol. The maximum absolute atomic E-state index is 13.9. The molecule has 0 saturated carbocycles. The van der Waals surface area contributed by atoms with Gasteiger partial charge in [-0.3, -0.25) is 24.3 Å². The van der Waals surface area contributed by atoms with Gasteiger partial charge in [0.15, 0.2) is 0 Å². The van der Waals surface area contributed by atoms with Gasteiger partial charge in [-0.2, -0.15) is 0 Å². The quantitative estimate of drug-likeness (QED) is 0.482. The Hall–Kier alpha value is -3.39. The van der Waals surface area contributed by atoms with Crippen LogP contribution in [0.15, 0.2) is 54.2 Å². The molecule has 34 heavy (non-hydrogen) atoms. The molecule has 0 aliphatic carbocycles. The molecule has 4 rings (SSSR count). The number of hydrogen-bond donors (Lipinski definition) is 0. The summed E-state index contributed by atoms with van der Waals surface area (Å²) in [5.41, 5.74) is 2.04. The summed E-state index contributed by atoms with van der Waals surface area (Å²) in [6.07, 6.45) is 3.16. The number of hydrogen-bond acceptors (Lipinski definition) is 6. The zero-order chi connectivity index (χ0) is 24.5. The summed E-state index contributed by atoms with van der Waals surface area (Å²) in [6.45, 7) is 5.89. The first-order chi connectivity index (χ1) is 16.2. The summed E-state index contributed by atoms with van der Waals surface area (Å²) in [5.74, 6) is -0.820. The van der Waals surface area contributed by atoms with Crippen LogP contribution >= 0.6 is 11.3 Å². The normalized spacial score (nSPS) is 18.9. The Bertz CT molecular complexity index is 1230. The van der Waals surface area contributed by atoms with Crippen molar-refractivity contribution in [3.63, 3.8) is 0 Å². The molecule has 3 aromatic rings. The number of thiazole rings is 1. The zero-order valence-corrected chi connectivity index (χ0v) is 20.6. The Morgan fingerprint density at radius 1 is 1.21 bits per heavy atom. The summed E-state index contributed by atoms with van der Waals surface area (Å²) in [4.78, 5) is 52.1.